The van der Waals surface area contributed by atoms with Gasteiger partial charge in [0.1, 0.15) is 88.8 Å². The molecular formula is C68H78BrF3MgN8O15. The van der Waals surface area contributed by atoms with Gasteiger partial charge in [0.25, 0.3) is 11.9 Å². The molecule has 13 rings (SSSR count). The molecule has 23 nitrogen and oxygen atoms in total. The minimum atomic E-state index is -4.64. The van der Waals surface area contributed by atoms with Gasteiger partial charge in [0.15, 0.2) is 69.4 Å². The fourth-order valence-corrected chi connectivity index (χ4v) is 9.17. The number of aliphatic imine (C=N–C) groups is 1. The number of aldehydes is 2. The zero-order valence-electron chi connectivity index (χ0n) is 54.5. The average Bonchev–Trinajstić information content (AvgIpc) is 1.48. The van der Waals surface area contributed by atoms with Crippen LogP contribution in [0.1, 0.15) is 82.0 Å². The van der Waals surface area contributed by atoms with E-state index in [0.717, 1.165) is 74.5 Å². The topological polar surface area (TPSA) is 292 Å². The number of carbonyl (C=O) groups is 3. The molecule has 28 heteroatoms. The van der Waals surface area contributed by atoms with E-state index in [9.17, 15) is 22.8 Å². The molecule has 0 saturated heterocycles. The fourth-order valence-electron chi connectivity index (χ4n) is 9.17. The molecule has 510 valence electrons. The van der Waals surface area contributed by atoms with Crippen molar-refractivity contribution in [3.05, 3.63) is 168 Å². The quantitative estimate of drug-likeness (QED) is 0.0358. The maximum atomic E-state index is 11.8. The van der Waals surface area contributed by atoms with E-state index in [-0.39, 0.29) is 77.2 Å². The second-order valence-corrected chi connectivity index (χ2v) is 19.9. The summed E-state index contributed by atoms with van der Waals surface area (Å²) in [5, 5.41) is 9.02. The van der Waals surface area contributed by atoms with Crippen LogP contribution in [0.2, 0.25) is 0 Å². The van der Waals surface area contributed by atoms with Crippen LogP contribution in [0.25, 0.3) is 11.1 Å². The summed E-state index contributed by atoms with van der Waals surface area (Å²) in [7, 11) is 6.73. The Morgan fingerprint density at radius 3 is 1.47 bits per heavy atom. The zero-order valence-corrected chi connectivity index (χ0v) is 57.5. The van der Waals surface area contributed by atoms with Crippen LogP contribution in [0.3, 0.4) is 0 Å². The molecule has 0 bridgehead atoms. The van der Waals surface area contributed by atoms with E-state index in [1.165, 1.54) is 13.2 Å². The van der Waals surface area contributed by atoms with Gasteiger partial charge < -0.3 is 108 Å². The number of anilines is 1. The summed E-state index contributed by atoms with van der Waals surface area (Å²) in [6.07, 6.45) is -1.64. The monoisotopic (exact) mass is 1410 g/mol. The van der Waals surface area contributed by atoms with Crippen molar-refractivity contribution in [2.75, 3.05) is 99.6 Å². The number of nitrogens with one attached hydrogen (secondary N) is 3. The number of pyridine rings is 1. The van der Waals surface area contributed by atoms with Crippen molar-refractivity contribution >= 4 is 64.9 Å². The summed E-state index contributed by atoms with van der Waals surface area (Å²) in [5.41, 5.74) is 16.5. The van der Waals surface area contributed by atoms with Crippen LogP contribution >= 0.6 is 0 Å². The van der Waals surface area contributed by atoms with Gasteiger partial charge >= 0.3 is 29.2 Å². The number of fused-ring (bicyclic) bond motifs is 6. The molecule has 1 amide bonds. The van der Waals surface area contributed by atoms with Gasteiger partial charge in [-0.15, -0.1) is 0 Å². The largest absolute Gasteiger partial charge is 2.00 e. The first-order valence-electron chi connectivity index (χ1n) is 29.5. The molecule has 0 fully saturated rings. The number of nitrogens with zero attached hydrogens (tertiary/aromatic N) is 3. The number of hydrogen-bond acceptors (Lipinski definition) is 22. The maximum absolute atomic E-state index is 11.8. The number of ether oxygens (including phenoxy) is 11. The Hall–Kier alpha value is -9.06. The van der Waals surface area contributed by atoms with Crippen LogP contribution in [-0.4, -0.2) is 158 Å². The van der Waals surface area contributed by atoms with Gasteiger partial charge in [0.2, 0.25) is 6.29 Å². The molecule has 96 heavy (non-hydrogen) atoms. The van der Waals surface area contributed by atoms with E-state index < -0.39 is 12.5 Å². The van der Waals surface area contributed by atoms with E-state index in [4.69, 9.17) is 67.1 Å². The third-order valence-corrected chi connectivity index (χ3v) is 13.5. The molecule has 5 aliphatic rings. The van der Waals surface area contributed by atoms with Crippen molar-refractivity contribution in [3.63, 3.8) is 0 Å². The summed E-state index contributed by atoms with van der Waals surface area (Å²) in [6, 6.07) is 37.8. The van der Waals surface area contributed by atoms with Crippen molar-refractivity contribution in [3.8, 4) is 69.0 Å². The van der Waals surface area contributed by atoms with Crippen LogP contribution in [0.15, 0.2) is 137 Å². The van der Waals surface area contributed by atoms with Crippen molar-refractivity contribution in [2.24, 2.45) is 16.5 Å². The Balaban J connectivity index is 0.000000263. The molecule has 0 spiro atoms. The molecule has 8 aromatic rings. The number of aromatic nitrogens is 2. The van der Waals surface area contributed by atoms with Gasteiger partial charge in [-0.2, -0.15) is 18.2 Å². The molecule has 0 saturated carbocycles. The molecule has 3 unspecified atom stereocenters. The Morgan fingerprint density at radius 1 is 0.594 bits per heavy atom. The van der Waals surface area contributed by atoms with E-state index in [0.29, 0.717) is 112 Å². The number of benzene rings is 6. The van der Waals surface area contributed by atoms with E-state index >= 15 is 0 Å². The van der Waals surface area contributed by atoms with Gasteiger partial charge in [-0.1, -0.05) is 48.5 Å². The number of carbonyl (C=O) groups excluding carboxylic acids is 3. The van der Waals surface area contributed by atoms with Gasteiger partial charge in [-0.05, 0) is 95.5 Å². The molecule has 7 heterocycles. The molecule has 5 aliphatic heterocycles. The van der Waals surface area contributed by atoms with Crippen molar-refractivity contribution < 1.29 is 101 Å². The third-order valence-electron chi connectivity index (χ3n) is 13.5. The van der Waals surface area contributed by atoms with E-state index in [1.807, 2.05) is 93.7 Å². The standard InChI is InChI=1S/C24H22N4O5.C11H15NO2.C10H11NO2.C10H13NO2.C9H8O3.C2HF3O.CH5N.CH3.BrH.Mg/c1-14(17-4-3-5-20-22(17)31-11-10-30-20)27-24-28-18-7-6-15(13-21(18)33-24)32-16-8-9-26-19(12-16)23(29)25-2;1-8(12-2)9-4-3-5-10-11(9)14-7-6-13-10;1-11-7-8-3-2-4-9-10(8)13-6-5-12-9;1-7(11)8-3-2-4-9-10(8)13-6-5-12-9;10-6-7-2-1-3-8-9(7)12-5-4-11-8;3-2(4,5)1-6;1-2;;;/h3-9,12-14H,10-11H2,1-2H3,(H,25,29)(H,27,28);3-5,8,12H,6-7H2,1-2H3;2-4,7H,5-6H2,1H3;2-4,7H,5-6,11H2,1H3;1-3,6H,4-5H2;1H;2H2,1H3;1H3;1H;/q;;;;;;;-1;;+2/p-1. The Bertz CT molecular complexity index is 3770. The van der Waals surface area contributed by atoms with Crippen LogP contribution in [0.4, 0.5) is 19.2 Å². The number of amides is 1. The third kappa shape index (κ3) is 22.5. The van der Waals surface area contributed by atoms with Gasteiger partial charge in [-0.25, -0.2) is 0 Å². The predicted octanol–water partition coefficient (Wildman–Crippen LogP) is 7.71. The fraction of sp³-hybridized carbons (Fsp3) is 0.309. The number of nitrogens with two attached hydrogens (primary N) is 2. The van der Waals surface area contributed by atoms with Gasteiger partial charge in [0.05, 0.1) is 11.6 Å². The zero-order chi connectivity index (χ0) is 66.7. The average molecular weight is 1410 g/mol. The summed E-state index contributed by atoms with van der Waals surface area (Å²) in [6.45, 7) is 11.9. The molecule has 7 N–H and O–H groups in total. The van der Waals surface area contributed by atoms with Crippen molar-refractivity contribution in [1.82, 2.24) is 20.6 Å². The number of halogens is 4. The van der Waals surface area contributed by atoms with Crippen LogP contribution in [-0.2, 0) is 4.79 Å². The van der Waals surface area contributed by atoms with Gasteiger partial charge in [0, 0.05) is 73.0 Å². The van der Waals surface area contributed by atoms with Gasteiger partial charge in [-0.3, -0.25) is 24.4 Å². The molecule has 0 aliphatic carbocycles. The molecule has 0 radical (unpaired) electrons. The van der Waals surface area contributed by atoms with Crippen LogP contribution in [0, 0.1) is 7.43 Å². The van der Waals surface area contributed by atoms with Crippen molar-refractivity contribution in [1.29, 1.82) is 0 Å². The number of hydrogen-bond donors (Lipinski definition) is 5. The van der Waals surface area contributed by atoms with E-state index in [2.05, 4.69) is 49.6 Å². The first-order valence-corrected chi connectivity index (χ1v) is 29.5. The molecule has 2 aromatic heterocycles. The second kappa shape index (κ2) is 40.4. The maximum Gasteiger partial charge on any atom is 2.00 e. The first-order chi connectivity index (χ1) is 45.1. The Morgan fingerprint density at radius 2 is 1.01 bits per heavy atom. The minimum absolute atomic E-state index is 0. The molecule has 6 aromatic carbocycles. The van der Waals surface area contributed by atoms with Crippen LogP contribution in [0.5, 0.6) is 69.0 Å². The summed E-state index contributed by atoms with van der Waals surface area (Å²) in [4.78, 5) is 43.5. The number of alkyl halides is 3. The predicted molar refractivity (Wildman–Crippen MR) is 354 cm³/mol. The summed E-state index contributed by atoms with van der Waals surface area (Å²) < 4.78 is 98.1. The number of oxazole rings is 1. The van der Waals surface area contributed by atoms with Crippen LogP contribution < -0.4 is 96.5 Å². The SMILES string of the molecule is CC(N)c1cccc2c1OCCO2.CN.CN=Cc1cccc2c1OCCO2.CNC(=O)c1cc(Oc2ccc3nc(NC(C)c4cccc5c4OCCO5)oc3c2)ccn1.CNC(C)c1cccc2c1OCCO2.O=CC(F)(F)F.O=Cc1cccc2c1OCCO2.[Br-].[CH3-].[Mg+2]. The molecule has 3 atom stereocenters. The summed E-state index contributed by atoms with van der Waals surface area (Å²) in [5.74, 6) is 8.44. The summed E-state index contributed by atoms with van der Waals surface area (Å²) >= 11 is 0. The number of rotatable bonds is 11. The second-order valence-electron chi connectivity index (χ2n) is 19.9. The normalized spacial score (nSPS) is 13.8. The minimum Gasteiger partial charge on any atom is -1.00 e. The van der Waals surface area contributed by atoms with E-state index in [1.54, 1.807) is 62.8 Å². The smallest absolute Gasteiger partial charge is 1.00 e. The first kappa shape index (κ1) is 79.4. The number of para-hydroxylation sites is 5. The van der Waals surface area contributed by atoms with Crippen molar-refractivity contribution in [2.45, 2.75) is 45.1 Å². The Labute approximate surface area is 581 Å². The Kier molecular flexibility index (Phi) is 33.4. The molecular weight excluding hydrogens is 1330 g/mol.